The summed E-state index contributed by atoms with van der Waals surface area (Å²) in [5.41, 5.74) is 1.75. The molecular formula is C20H19ClN6OS2. The van der Waals surface area contributed by atoms with E-state index < -0.39 is 0 Å². The zero-order valence-corrected chi connectivity index (χ0v) is 18.7. The topological polar surface area (TPSA) is 89.9 Å². The van der Waals surface area contributed by atoms with Gasteiger partial charge in [0.2, 0.25) is 11.1 Å². The van der Waals surface area contributed by atoms with Gasteiger partial charge in [-0.3, -0.25) is 4.79 Å². The van der Waals surface area contributed by atoms with E-state index in [4.69, 9.17) is 17.4 Å². The summed E-state index contributed by atoms with van der Waals surface area (Å²) in [6, 6.07) is 15.0. The largest absolute Gasteiger partial charge is 0.336 e. The Morgan fingerprint density at radius 1 is 1.23 bits per heavy atom. The molecule has 4 aromatic rings. The van der Waals surface area contributed by atoms with Gasteiger partial charge in [0.05, 0.1) is 22.0 Å². The number of halogens is 1. The van der Waals surface area contributed by atoms with Crippen LogP contribution < -0.4 is 5.84 Å². The van der Waals surface area contributed by atoms with Crippen LogP contribution in [0.1, 0.15) is 18.0 Å². The number of nitrogen functional groups attached to an aromatic ring is 1. The number of hydrogen-bond donors (Lipinski definition) is 1. The minimum Gasteiger partial charge on any atom is -0.336 e. The molecule has 1 amide bonds. The highest BCUT2D eigenvalue weighted by molar-refractivity contribution is 7.99. The van der Waals surface area contributed by atoms with E-state index in [2.05, 4.69) is 15.2 Å². The fourth-order valence-corrected chi connectivity index (χ4v) is 4.82. The van der Waals surface area contributed by atoms with Crippen molar-refractivity contribution in [2.45, 2.75) is 18.1 Å². The highest BCUT2D eigenvalue weighted by Gasteiger charge is 2.22. The van der Waals surface area contributed by atoms with Crippen LogP contribution in [0.3, 0.4) is 0 Å². The Bertz CT molecular complexity index is 1160. The molecule has 0 saturated heterocycles. The first-order chi connectivity index (χ1) is 14.4. The van der Waals surface area contributed by atoms with E-state index in [-0.39, 0.29) is 17.7 Å². The molecule has 154 valence electrons. The maximum atomic E-state index is 12.7. The van der Waals surface area contributed by atoms with Crippen LogP contribution in [0.25, 0.3) is 21.6 Å². The van der Waals surface area contributed by atoms with Gasteiger partial charge in [-0.1, -0.05) is 35.5 Å². The van der Waals surface area contributed by atoms with E-state index in [1.807, 2.05) is 43.3 Å². The number of rotatable bonds is 6. The molecule has 0 radical (unpaired) electrons. The van der Waals surface area contributed by atoms with Crippen LogP contribution in [0.2, 0.25) is 5.02 Å². The smallest absolute Gasteiger partial charge is 0.233 e. The molecule has 0 aliphatic heterocycles. The second kappa shape index (κ2) is 8.63. The quantitative estimate of drug-likeness (QED) is 0.343. The number of hydrogen-bond acceptors (Lipinski definition) is 7. The number of aromatic nitrogens is 4. The minimum atomic E-state index is -0.129. The van der Waals surface area contributed by atoms with E-state index in [1.165, 1.54) is 16.4 Å². The van der Waals surface area contributed by atoms with Crippen LogP contribution in [0.5, 0.6) is 0 Å². The molecule has 1 unspecified atom stereocenters. The summed E-state index contributed by atoms with van der Waals surface area (Å²) >= 11 is 8.78. The molecule has 4 rings (SSSR count). The third-order valence-corrected chi connectivity index (χ3v) is 7.12. The van der Waals surface area contributed by atoms with Crippen molar-refractivity contribution in [2.24, 2.45) is 0 Å². The summed E-state index contributed by atoms with van der Waals surface area (Å²) in [6.07, 6.45) is 0. The Balaban J connectivity index is 1.42. The first-order valence-corrected chi connectivity index (χ1v) is 11.3. The highest BCUT2D eigenvalue weighted by atomic mass is 35.5. The summed E-state index contributed by atoms with van der Waals surface area (Å²) in [4.78, 5) is 19.1. The van der Waals surface area contributed by atoms with Crippen molar-refractivity contribution in [3.05, 3.63) is 58.6 Å². The molecule has 2 aromatic heterocycles. The van der Waals surface area contributed by atoms with Crippen molar-refractivity contribution in [1.29, 1.82) is 0 Å². The highest BCUT2D eigenvalue weighted by Crippen LogP contribution is 2.29. The molecule has 0 aliphatic rings. The van der Waals surface area contributed by atoms with Crippen LogP contribution in [-0.4, -0.2) is 43.5 Å². The van der Waals surface area contributed by atoms with Crippen molar-refractivity contribution < 1.29 is 4.79 Å². The number of benzene rings is 2. The van der Waals surface area contributed by atoms with Gasteiger partial charge in [-0.05, 0) is 43.3 Å². The number of carbonyl (C=O) groups excluding carboxylic acids is 1. The summed E-state index contributed by atoms with van der Waals surface area (Å²) in [7, 11) is 1.78. The molecule has 0 bridgehead atoms. The number of nitrogens with zero attached hydrogens (tertiary/aromatic N) is 5. The Kier molecular flexibility index (Phi) is 5.94. The van der Waals surface area contributed by atoms with E-state index in [9.17, 15) is 4.79 Å². The van der Waals surface area contributed by atoms with Gasteiger partial charge < -0.3 is 10.7 Å². The van der Waals surface area contributed by atoms with Gasteiger partial charge in [-0.15, -0.1) is 21.5 Å². The van der Waals surface area contributed by atoms with Crippen LogP contribution in [0.4, 0.5) is 0 Å². The van der Waals surface area contributed by atoms with Gasteiger partial charge in [-0.2, -0.15) is 0 Å². The number of para-hydroxylation sites is 1. The van der Waals surface area contributed by atoms with Crippen molar-refractivity contribution in [3.63, 3.8) is 0 Å². The third kappa shape index (κ3) is 4.14. The van der Waals surface area contributed by atoms with Crippen molar-refractivity contribution in [3.8, 4) is 11.4 Å². The first-order valence-electron chi connectivity index (χ1n) is 9.14. The standard InChI is InChI=1S/C20H19ClN6OS2/c1-12(19-23-15-5-3-4-6-16(15)30-19)26(2)17(28)11-29-20-25-24-18(27(20)22)13-7-9-14(21)10-8-13/h3-10,12H,11,22H2,1-2H3. The second-order valence-corrected chi connectivity index (χ2v) is 9.11. The van der Waals surface area contributed by atoms with Gasteiger partial charge in [0, 0.05) is 17.6 Å². The number of fused-ring (bicyclic) bond motifs is 1. The van der Waals surface area contributed by atoms with Crippen LogP contribution in [0, 0.1) is 0 Å². The predicted molar refractivity (Wildman–Crippen MR) is 122 cm³/mol. The van der Waals surface area contributed by atoms with Gasteiger partial charge in [0.1, 0.15) is 5.01 Å². The molecule has 10 heteroatoms. The SMILES string of the molecule is CC(c1nc2ccccc2s1)N(C)C(=O)CSc1nnc(-c2ccc(Cl)cc2)n1N. The lowest BCUT2D eigenvalue weighted by Crippen LogP contribution is -2.31. The Morgan fingerprint density at radius 2 is 1.97 bits per heavy atom. The van der Waals surface area contributed by atoms with Gasteiger partial charge in [0.15, 0.2) is 5.82 Å². The molecule has 1 atom stereocenters. The Labute approximate surface area is 186 Å². The molecule has 2 heterocycles. The summed E-state index contributed by atoms with van der Waals surface area (Å²) in [5, 5.41) is 10.3. The minimum absolute atomic E-state index is 0.0391. The maximum Gasteiger partial charge on any atom is 0.233 e. The van der Waals surface area contributed by atoms with Crippen LogP contribution in [0.15, 0.2) is 53.7 Å². The molecule has 30 heavy (non-hydrogen) atoms. The average molecular weight is 459 g/mol. The summed E-state index contributed by atoms with van der Waals surface area (Å²) in [5.74, 6) is 6.80. The predicted octanol–water partition coefficient (Wildman–Crippen LogP) is 4.23. The lowest BCUT2D eigenvalue weighted by molar-refractivity contribution is -0.128. The van der Waals surface area contributed by atoms with Crippen molar-refractivity contribution in [2.75, 3.05) is 18.6 Å². The molecule has 0 spiro atoms. The fourth-order valence-electron chi connectivity index (χ4n) is 2.85. The monoisotopic (exact) mass is 458 g/mol. The van der Waals surface area contributed by atoms with Gasteiger partial charge >= 0.3 is 0 Å². The van der Waals surface area contributed by atoms with E-state index in [0.29, 0.717) is 16.0 Å². The third-order valence-electron chi connectivity index (χ3n) is 4.73. The lowest BCUT2D eigenvalue weighted by atomic mass is 10.2. The molecule has 2 N–H and O–H groups in total. The average Bonchev–Trinajstić information content (AvgIpc) is 3.35. The summed E-state index contributed by atoms with van der Waals surface area (Å²) < 4.78 is 2.50. The van der Waals surface area contributed by atoms with Gasteiger partial charge in [-0.25, -0.2) is 9.66 Å². The van der Waals surface area contributed by atoms with E-state index in [1.54, 1.807) is 35.4 Å². The van der Waals surface area contributed by atoms with Crippen LogP contribution >= 0.6 is 34.7 Å². The fraction of sp³-hybridized carbons (Fsp3) is 0.200. The molecule has 0 aliphatic carbocycles. The first kappa shape index (κ1) is 20.6. The molecule has 7 nitrogen and oxygen atoms in total. The normalized spacial score (nSPS) is 12.2. The molecular weight excluding hydrogens is 440 g/mol. The number of thioether (sulfide) groups is 1. The van der Waals surface area contributed by atoms with Gasteiger partial charge in [0.25, 0.3) is 0 Å². The number of nitrogens with two attached hydrogens (primary N) is 1. The number of carbonyl (C=O) groups is 1. The summed E-state index contributed by atoms with van der Waals surface area (Å²) in [6.45, 7) is 1.98. The number of amides is 1. The molecule has 0 fully saturated rings. The van der Waals surface area contributed by atoms with Crippen LogP contribution in [-0.2, 0) is 4.79 Å². The Hall–Kier alpha value is -2.62. The zero-order chi connectivity index (χ0) is 21.3. The Morgan fingerprint density at radius 3 is 2.70 bits per heavy atom. The van der Waals surface area contributed by atoms with E-state index in [0.717, 1.165) is 20.8 Å². The van der Waals surface area contributed by atoms with Crippen molar-refractivity contribution >= 4 is 50.8 Å². The van der Waals surface area contributed by atoms with E-state index >= 15 is 0 Å². The van der Waals surface area contributed by atoms with Crippen molar-refractivity contribution in [1.82, 2.24) is 24.8 Å². The number of thiazole rings is 1. The molecule has 0 saturated carbocycles. The zero-order valence-electron chi connectivity index (χ0n) is 16.3. The molecule has 2 aromatic carbocycles. The lowest BCUT2D eigenvalue weighted by Gasteiger charge is -2.23. The second-order valence-electron chi connectivity index (χ2n) is 6.67. The maximum absolute atomic E-state index is 12.7.